The van der Waals surface area contributed by atoms with Crippen molar-refractivity contribution in [3.05, 3.63) is 58.1 Å². The van der Waals surface area contributed by atoms with E-state index in [9.17, 15) is 0 Å². The van der Waals surface area contributed by atoms with Gasteiger partial charge >= 0.3 is 0 Å². The van der Waals surface area contributed by atoms with E-state index in [1.807, 2.05) is 18.2 Å². The van der Waals surface area contributed by atoms with E-state index in [1.165, 1.54) is 16.7 Å². The molecule has 0 bridgehead atoms. The summed E-state index contributed by atoms with van der Waals surface area (Å²) in [6, 6.07) is 12.6. The predicted molar refractivity (Wildman–Crippen MR) is 83.9 cm³/mol. The second-order valence-corrected chi connectivity index (χ2v) is 5.73. The Morgan fingerprint density at radius 1 is 1.20 bits per heavy atom. The van der Waals surface area contributed by atoms with E-state index in [4.69, 9.17) is 16.3 Å². The van der Waals surface area contributed by atoms with Crippen LogP contribution in [0.1, 0.15) is 29.7 Å². The zero-order chi connectivity index (χ0) is 14.1. The lowest BCUT2D eigenvalue weighted by atomic mass is 10.0. The fourth-order valence-corrected chi connectivity index (χ4v) is 2.71. The van der Waals surface area contributed by atoms with Gasteiger partial charge in [-0.3, -0.25) is 0 Å². The van der Waals surface area contributed by atoms with E-state index in [1.54, 1.807) is 0 Å². The molecule has 1 heterocycles. The van der Waals surface area contributed by atoms with Crippen LogP contribution >= 0.6 is 11.6 Å². The Morgan fingerprint density at radius 3 is 2.90 bits per heavy atom. The molecule has 0 saturated heterocycles. The summed E-state index contributed by atoms with van der Waals surface area (Å²) in [6.07, 6.45) is 1.01. The van der Waals surface area contributed by atoms with Crippen LogP contribution in [0.4, 0.5) is 5.69 Å². The highest BCUT2D eigenvalue weighted by Gasteiger charge is 2.15. The monoisotopic (exact) mass is 287 g/mol. The minimum Gasteiger partial charge on any atom is -0.493 e. The molecule has 0 aliphatic carbocycles. The minimum absolute atomic E-state index is 0.234. The van der Waals surface area contributed by atoms with Crippen LogP contribution in [-0.2, 0) is 6.42 Å². The Morgan fingerprint density at radius 2 is 2.05 bits per heavy atom. The summed E-state index contributed by atoms with van der Waals surface area (Å²) in [6.45, 7) is 5.05. The van der Waals surface area contributed by atoms with Gasteiger partial charge in [-0.05, 0) is 54.8 Å². The van der Waals surface area contributed by atoms with E-state index in [-0.39, 0.29) is 6.04 Å². The van der Waals surface area contributed by atoms with E-state index in [0.29, 0.717) is 0 Å². The number of anilines is 1. The molecule has 2 nitrogen and oxygen atoms in total. The van der Waals surface area contributed by atoms with Crippen molar-refractivity contribution in [2.75, 3.05) is 11.9 Å². The molecule has 0 spiro atoms. The van der Waals surface area contributed by atoms with Gasteiger partial charge in [0, 0.05) is 23.2 Å². The molecule has 0 amide bonds. The van der Waals surface area contributed by atoms with Gasteiger partial charge in [0.15, 0.2) is 0 Å². The number of hydrogen-bond acceptors (Lipinski definition) is 2. The normalized spacial score (nSPS) is 14.6. The highest BCUT2D eigenvalue weighted by Crippen LogP contribution is 2.30. The van der Waals surface area contributed by atoms with Crippen molar-refractivity contribution in [3.8, 4) is 5.75 Å². The smallest absolute Gasteiger partial charge is 0.122 e. The number of fused-ring (bicyclic) bond motifs is 1. The average molecular weight is 288 g/mol. The fraction of sp³-hybridized carbons (Fsp3) is 0.294. The molecular formula is C17H18ClNO. The van der Waals surface area contributed by atoms with Crippen molar-refractivity contribution < 1.29 is 4.74 Å². The van der Waals surface area contributed by atoms with Crippen LogP contribution in [-0.4, -0.2) is 6.61 Å². The average Bonchev–Trinajstić information content (AvgIpc) is 2.90. The van der Waals surface area contributed by atoms with Crippen molar-refractivity contribution in [1.29, 1.82) is 0 Å². The lowest BCUT2D eigenvalue weighted by Crippen LogP contribution is -2.08. The summed E-state index contributed by atoms with van der Waals surface area (Å²) in [7, 11) is 0. The first-order valence-electron chi connectivity index (χ1n) is 6.92. The molecule has 1 atom stereocenters. The molecule has 3 rings (SSSR count). The van der Waals surface area contributed by atoms with Gasteiger partial charge in [0.2, 0.25) is 0 Å². The Kier molecular flexibility index (Phi) is 3.58. The lowest BCUT2D eigenvalue weighted by Gasteiger charge is -2.18. The number of benzene rings is 2. The molecule has 0 saturated carbocycles. The van der Waals surface area contributed by atoms with Crippen molar-refractivity contribution >= 4 is 17.3 Å². The van der Waals surface area contributed by atoms with E-state index < -0.39 is 0 Å². The van der Waals surface area contributed by atoms with Crippen LogP contribution in [0.3, 0.4) is 0 Å². The summed E-state index contributed by atoms with van der Waals surface area (Å²) >= 11 is 6.07. The largest absolute Gasteiger partial charge is 0.493 e. The van der Waals surface area contributed by atoms with Gasteiger partial charge < -0.3 is 10.1 Å². The maximum Gasteiger partial charge on any atom is 0.122 e. The molecule has 1 unspecified atom stereocenters. The topological polar surface area (TPSA) is 21.3 Å². The molecule has 3 heteroatoms. The molecule has 1 aliphatic heterocycles. The zero-order valence-corrected chi connectivity index (χ0v) is 12.5. The van der Waals surface area contributed by atoms with Crippen molar-refractivity contribution in [1.82, 2.24) is 0 Å². The Labute approximate surface area is 124 Å². The standard InChI is InChI=1S/C17H18ClNO/c1-11-3-5-15(18)10-16(11)19-12(2)13-4-6-17-14(9-13)7-8-20-17/h3-6,9-10,12,19H,7-8H2,1-2H3. The van der Waals surface area contributed by atoms with Crippen LogP contribution in [0.25, 0.3) is 0 Å². The van der Waals surface area contributed by atoms with Gasteiger partial charge in [0.25, 0.3) is 0 Å². The Balaban J connectivity index is 1.82. The van der Waals surface area contributed by atoms with E-state index in [2.05, 4.69) is 37.4 Å². The molecule has 0 aromatic heterocycles. The first kappa shape index (κ1) is 13.3. The van der Waals surface area contributed by atoms with Crippen molar-refractivity contribution in [3.63, 3.8) is 0 Å². The third-order valence-corrected chi connectivity index (χ3v) is 4.02. The highest BCUT2D eigenvalue weighted by atomic mass is 35.5. The summed E-state index contributed by atoms with van der Waals surface area (Å²) < 4.78 is 5.55. The predicted octanol–water partition coefficient (Wildman–Crippen LogP) is 4.76. The van der Waals surface area contributed by atoms with Gasteiger partial charge in [-0.1, -0.05) is 23.7 Å². The number of aryl methyl sites for hydroxylation is 1. The van der Waals surface area contributed by atoms with Crippen LogP contribution in [0.5, 0.6) is 5.75 Å². The van der Waals surface area contributed by atoms with Crippen molar-refractivity contribution in [2.24, 2.45) is 0 Å². The highest BCUT2D eigenvalue weighted by molar-refractivity contribution is 6.30. The zero-order valence-electron chi connectivity index (χ0n) is 11.7. The fourth-order valence-electron chi connectivity index (χ4n) is 2.54. The number of hydrogen-bond donors (Lipinski definition) is 1. The maximum atomic E-state index is 6.07. The first-order chi connectivity index (χ1) is 9.63. The maximum absolute atomic E-state index is 6.07. The van der Waals surface area contributed by atoms with Gasteiger partial charge in [-0.25, -0.2) is 0 Å². The minimum atomic E-state index is 0.234. The van der Waals surface area contributed by atoms with Crippen LogP contribution in [0.2, 0.25) is 5.02 Å². The van der Waals surface area contributed by atoms with E-state index >= 15 is 0 Å². The SMILES string of the molecule is Cc1ccc(Cl)cc1NC(C)c1ccc2c(c1)CCO2. The molecule has 1 aliphatic rings. The molecule has 0 fully saturated rings. The molecule has 1 N–H and O–H groups in total. The summed E-state index contributed by atoms with van der Waals surface area (Å²) in [5.74, 6) is 1.03. The van der Waals surface area contributed by atoms with Gasteiger partial charge in [-0.15, -0.1) is 0 Å². The third-order valence-electron chi connectivity index (χ3n) is 3.79. The second-order valence-electron chi connectivity index (χ2n) is 5.29. The molecule has 2 aromatic rings. The number of halogens is 1. The molecule has 0 radical (unpaired) electrons. The van der Waals surface area contributed by atoms with Crippen LogP contribution in [0, 0.1) is 6.92 Å². The Hall–Kier alpha value is -1.67. The second kappa shape index (κ2) is 5.37. The molecule has 20 heavy (non-hydrogen) atoms. The number of ether oxygens (including phenoxy) is 1. The lowest BCUT2D eigenvalue weighted by molar-refractivity contribution is 0.357. The third kappa shape index (κ3) is 2.61. The van der Waals surface area contributed by atoms with Crippen LogP contribution < -0.4 is 10.1 Å². The summed E-state index contributed by atoms with van der Waals surface area (Å²) in [5.41, 5.74) is 4.86. The molecule has 104 valence electrons. The molecule has 2 aromatic carbocycles. The summed E-state index contributed by atoms with van der Waals surface area (Å²) in [5, 5.41) is 4.29. The first-order valence-corrected chi connectivity index (χ1v) is 7.29. The summed E-state index contributed by atoms with van der Waals surface area (Å²) in [4.78, 5) is 0. The quantitative estimate of drug-likeness (QED) is 0.879. The number of rotatable bonds is 3. The van der Waals surface area contributed by atoms with E-state index in [0.717, 1.165) is 29.5 Å². The van der Waals surface area contributed by atoms with Gasteiger partial charge in [-0.2, -0.15) is 0 Å². The van der Waals surface area contributed by atoms with Gasteiger partial charge in [0.05, 0.1) is 6.61 Å². The van der Waals surface area contributed by atoms with Crippen LogP contribution in [0.15, 0.2) is 36.4 Å². The van der Waals surface area contributed by atoms with Crippen molar-refractivity contribution in [2.45, 2.75) is 26.3 Å². The number of nitrogens with one attached hydrogen (secondary N) is 1. The van der Waals surface area contributed by atoms with Gasteiger partial charge in [0.1, 0.15) is 5.75 Å². The Bertz CT molecular complexity index is 639. The molecular weight excluding hydrogens is 270 g/mol.